The van der Waals surface area contributed by atoms with E-state index in [1.165, 1.54) is 25.4 Å². The quantitative estimate of drug-likeness (QED) is 0.505. The summed E-state index contributed by atoms with van der Waals surface area (Å²) in [5.74, 6) is -0.0701. The second-order valence-electron chi connectivity index (χ2n) is 7.81. The third-order valence-corrected chi connectivity index (χ3v) is 6.95. The van der Waals surface area contributed by atoms with Gasteiger partial charge in [-0.3, -0.25) is 9.59 Å². The Morgan fingerprint density at radius 2 is 1.50 bits per heavy atom. The summed E-state index contributed by atoms with van der Waals surface area (Å²) in [5.41, 5.74) is 3.04. The summed E-state index contributed by atoms with van der Waals surface area (Å²) in [5, 5.41) is 5.46. The molecule has 0 heterocycles. The van der Waals surface area contributed by atoms with Crippen LogP contribution in [0.1, 0.15) is 28.4 Å². The van der Waals surface area contributed by atoms with E-state index in [0.717, 1.165) is 5.56 Å². The molecule has 9 heteroatoms. The number of carbonyl (C=O) groups is 2. The number of anilines is 2. The van der Waals surface area contributed by atoms with Crippen LogP contribution in [0, 0.1) is 6.92 Å². The van der Waals surface area contributed by atoms with Gasteiger partial charge in [0, 0.05) is 43.0 Å². The van der Waals surface area contributed by atoms with Crippen LogP contribution in [0.4, 0.5) is 11.4 Å². The molecular formula is C25H27N3O5S. The maximum Gasteiger partial charge on any atom is 0.255 e. The Labute approximate surface area is 199 Å². The molecule has 0 aliphatic carbocycles. The molecule has 2 amide bonds. The number of carbonyl (C=O) groups excluding carboxylic acids is 2. The summed E-state index contributed by atoms with van der Waals surface area (Å²) in [6.07, 6.45) is 0. The first kappa shape index (κ1) is 24.9. The Balaban J connectivity index is 1.79. The van der Waals surface area contributed by atoms with Crippen molar-refractivity contribution in [3.63, 3.8) is 0 Å². The molecule has 0 aliphatic rings. The highest BCUT2D eigenvalue weighted by atomic mass is 32.2. The molecule has 0 aromatic heterocycles. The van der Waals surface area contributed by atoms with Crippen molar-refractivity contribution in [2.75, 3.05) is 24.8 Å². The summed E-state index contributed by atoms with van der Waals surface area (Å²) in [7, 11) is -0.752. The third-order valence-electron chi connectivity index (χ3n) is 5.13. The molecule has 3 rings (SSSR count). The third kappa shape index (κ3) is 6.00. The van der Waals surface area contributed by atoms with Crippen molar-refractivity contribution >= 4 is 33.2 Å². The lowest BCUT2D eigenvalue weighted by molar-refractivity contribution is -0.114. The number of hydrogen-bond acceptors (Lipinski definition) is 5. The fourth-order valence-corrected chi connectivity index (χ4v) is 4.45. The summed E-state index contributed by atoms with van der Waals surface area (Å²) in [6.45, 7) is 3.32. The smallest absolute Gasteiger partial charge is 0.255 e. The van der Waals surface area contributed by atoms with Crippen LogP contribution in [-0.2, 0) is 21.4 Å². The SMILES string of the molecule is COc1ccc(C(=O)Nc2ccc(NC(C)=O)cc2)cc1CN(C)S(=O)(=O)c1ccc(C)cc1. The van der Waals surface area contributed by atoms with Gasteiger partial charge in [0.15, 0.2) is 0 Å². The fraction of sp³-hybridized carbons (Fsp3) is 0.200. The normalized spacial score (nSPS) is 11.2. The van der Waals surface area contributed by atoms with E-state index in [-0.39, 0.29) is 23.3 Å². The van der Waals surface area contributed by atoms with E-state index in [1.807, 2.05) is 6.92 Å². The zero-order valence-electron chi connectivity index (χ0n) is 19.5. The van der Waals surface area contributed by atoms with Gasteiger partial charge in [-0.1, -0.05) is 17.7 Å². The van der Waals surface area contributed by atoms with Crippen LogP contribution >= 0.6 is 0 Å². The minimum absolute atomic E-state index is 0.0198. The topological polar surface area (TPSA) is 105 Å². The van der Waals surface area contributed by atoms with Crippen LogP contribution in [0.15, 0.2) is 71.6 Å². The van der Waals surface area contributed by atoms with Crippen LogP contribution < -0.4 is 15.4 Å². The first-order valence-corrected chi connectivity index (χ1v) is 11.9. The molecule has 34 heavy (non-hydrogen) atoms. The molecular weight excluding hydrogens is 454 g/mol. The van der Waals surface area contributed by atoms with E-state index in [2.05, 4.69) is 10.6 Å². The van der Waals surface area contributed by atoms with E-state index in [1.54, 1.807) is 66.7 Å². The minimum Gasteiger partial charge on any atom is -0.496 e. The Morgan fingerprint density at radius 3 is 2.06 bits per heavy atom. The number of sulfonamides is 1. The van der Waals surface area contributed by atoms with E-state index in [4.69, 9.17) is 4.74 Å². The molecule has 178 valence electrons. The zero-order chi connectivity index (χ0) is 24.9. The van der Waals surface area contributed by atoms with Crippen molar-refractivity contribution in [1.29, 1.82) is 0 Å². The van der Waals surface area contributed by atoms with Crippen LogP contribution in [0.5, 0.6) is 5.75 Å². The lowest BCUT2D eigenvalue weighted by Gasteiger charge is -2.19. The van der Waals surface area contributed by atoms with E-state index in [9.17, 15) is 18.0 Å². The van der Waals surface area contributed by atoms with Gasteiger partial charge in [0.1, 0.15) is 5.75 Å². The van der Waals surface area contributed by atoms with Crippen molar-refractivity contribution in [3.8, 4) is 5.75 Å². The number of aryl methyl sites for hydroxylation is 1. The van der Waals surface area contributed by atoms with Gasteiger partial charge in [0.2, 0.25) is 15.9 Å². The molecule has 2 N–H and O–H groups in total. The van der Waals surface area contributed by atoms with E-state index < -0.39 is 10.0 Å². The van der Waals surface area contributed by atoms with E-state index >= 15 is 0 Å². The van der Waals surface area contributed by atoms with E-state index in [0.29, 0.717) is 28.3 Å². The highest BCUT2D eigenvalue weighted by molar-refractivity contribution is 7.89. The number of methoxy groups -OCH3 is 1. The monoisotopic (exact) mass is 481 g/mol. The van der Waals surface area contributed by atoms with Crippen molar-refractivity contribution in [2.24, 2.45) is 0 Å². The molecule has 0 radical (unpaired) electrons. The van der Waals surface area contributed by atoms with Crippen molar-refractivity contribution < 1.29 is 22.7 Å². The molecule has 3 aromatic carbocycles. The van der Waals surface area contributed by atoms with Gasteiger partial charge in [-0.2, -0.15) is 4.31 Å². The average Bonchev–Trinajstić information content (AvgIpc) is 2.80. The molecule has 0 spiro atoms. The van der Waals surface area contributed by atoms with Gasteiger partial charge in [-0.05, 0) is 61.5 Å². The summed E-state index contributed by atoms with van der Waals surface area (Å²) >= 11 is 0. The molecule has 0 fully saturated rings. The highest BCUT2D eigenvalue weighted by Crippen LogP contribution is 2.25. The lowest BCUT2D eigenvalue weighted by atomic mass is 10.1. The second kappa shape index (κ2) is 10.5. The number of hydrogen-bond donors (Lipinski definition) is 2. The zero-order valence-corrected chi connectivity index (χ0v) is 20.3. The standard InChI is InChI=1S/C25H27N3O5S/c1-17-5-12-23(13-6-17)34(31,32)28(3)16-20-15-19(7-14-24(20)33-4)25(30)27-22-10-8-21(9-11-22)26-18(2)29/h5-15H,16H2,1-4H3,(H,26,29)(H,27,30). The molecule has 0 atom stereocenters. The molecule has 8 nitrogen and oxygen atoms in total. The van der Waals surface area contributed by atoms with Gasteiger partial charge in [0.05, 0.1) is 12.0 Å². The van der Waals surface area contributed by atoms with Gasteiger partial charge in [-0.25, -0.2) is 8.42 Å². The Hall–Kier alpha value is -3.69. The van der Waals surface area contributed by atoms with Crippen molar-refractivity contribution in [1.82, 2.24) is 4.31 Å². The molecule has 3 aromatic rings. The summed E-state index contributed by atoms with van der Waals surface area (Å²) in [4.78, 5) is 24.1. The van der Waals surface area contributed by atoms with Gasteiger partial charge >= 0.3 is 0 Å². The van der Waals surface area contributed by atoms with Crippen LogP contribution in [0.25, 0.3) is 0 Å². The second-order valence-corrected chi connectivity index (χ2v) is 9.86. The summed E-state index contributed by atoms with van der Waals surface area (Å²) in [6, 6.07) is 18.2. The largest absolute Gasteiger partial charge is 0.496 e. The van der Waals surface area contributed by atoms with Crippen LogP contribution in [0.2, 0.25) is 0 Å². The summed E-state index contributed by atoms with van der Waals surface area (Å²) < 4.78 is 32.6. The first-order chi connectivity index (χ1) is 16.1. The molecule has 0 saturated carbocycles. The number of ether oxygens (including phenoxy) is 1. The molecule has 0 aliphatic heterocycles. The van der Waals surface area contributed by atoms with Gasteiger partial charge in [0.25, 0.3) is 5.91 Å². The van der Waals surface area contributed by atoms with Gasteiger partial charge in [-0.15, -0.1) is 0 Å². The Kier molecular flexibility index (Phi) is 7.70. The average molecular weight is 482 g/mol. The molecule has 0 saturated heterocycles. The minimum atomic E-state index is -3.73. The van der Waals surface area contributed by atoms with Crippen LogP contribution in [-0.4, -0.2) is 38.7 Å². The predicted molar refractivity (Wildman–Crippen MR) is 132 cm³/mol. The number of nitrogens with zero attached hydrogens (tertiary/aromatic N) is 1. The number of rotatable bonds is 8. The Bertz CT molecular complexity index is 1290. The van der Waals surface area contributed by atoms with Crippen molar-refractivity contribution in [2.45, 2.75) is 25.3 Å². The Morgan fingerprint density at radius 1 is 0.912 bits per heavy atom. The van der Waals surface area contributed by atoms with Gasteiger partial charge < -0.3 is 15.4 Å². The van der Waals surface area contributed by atoms with Crippen molar-refractivity contribution in [3.05, 3.63) is 83.4 Å². The maximum absolute atomic E-state index is 13.0. The number of benzene rings is 3. The molecule has 0 unspecified atom stereocenters. The molecule has 0 bridgehead atoms. The highest BCUT2D eigenvalue weighted by Gasteiger charge is 2.22. The predicted octanol–water partition coefficient (Wildman–Crippen LogP) is 4.04. The fourth-order valence-electron chi connectivity index (χ4n) is 3.30. The lowest BCUT2D eigenvalue weighted by Crippen LogP contribution is -2.27. The maximum atomic E-state index is 13.0. The van der Waals surface area contributed by atoms with Crippen LogP contribution in [0.3, 0.4) is 0 Å². The first-order valence-electron chi connectivity index (χ1n) is 10.5. The number of nitrogens with one attached hydrogen (secondary N) is 2. The number of amides is 2.